The summed E-state index contributed by atoms with van der Waals surface area (Å²) in [7, 11) is 0. The van der Waals surface area contributed by atoms with Crippen molar-refractivity contribution in [1.29, 1.82) is 0 Å². The zero-order valence-corrected chi connectivity index (χ0v) is 11.8. The lowest BCUT2D eigenvalue weighted by atomic mass is 9.68. The number of carbonyl (C=O) groups excluding carboxylic acids is 1. The summed E-state index contributed by atoms with van der Waals surface area (Å²) in [5, 5.41) is 0. The molecular weight excluding hydrogens is 220 g/mol. The Balaban J connectivity index is 2.24. The average Bonchev–Trinajstić information content (AvgIpc) is 2.38. The quantitative estimate of drug-likeness (QED) is 0.744. The highest BCUT2D eigenvalue weighted by Crippen LogP contribution is 2.41. The lowest BCUT2D eigenvalue weighted by Crippen LogP contribution is -2.34. The van der Waals surface area contributed by atoms with Gasteiger partial charge in [-0.2, -0.15) is 0 Å². The summed E-state index contributed by atoms with van der Waals surface area (Å²) in [4.78, 5) is 12.6. The molecule has 1 aliphatic carbocycles. The Morgan fingerprint density at radius 2 is 1.67 bits per heavy atom. The van der Waals surface area contributed by atoms with Gasteiger partial charge in [0.05, 0.1) is 0 Å². The van der Waals surface area contributed by atoms with Gasteiger partial charge in [-0.05, 0) is 24.3 Å². The first-order chi connectivity index (χ1) is 8.50. The summed E-state index contributed by atoms with van der Waals surface area (Å²) in [5.41, 5.74) is 1.13. The molecule has 98 valence electrons. The lowest BCUT2D eigenvalue weighted by molar-refractivity contribution is -0.132. The van der Waals surface area contributed by atoms with Crippen molar-refractivity contribution in [2.24, 2.45) is 11.3 Å². The average molecular weight is 244 g/mol. The van der Waals surface area contributed by atoms with E-state index in [4.69, 9.17) is 0 Å². The smallest absolute Gasteiger partial charge is 0.141 e. The summed E-state index contributed by atoms with van der Waals surface area (Å²) in [5.74, 6) is 1.10. The van der Waals surface area contributed by atoms with Gasteiger partial charge in [0.1, 0.15) is 5.78 Å². The first kappa shape index (κ1) is 13.3. The molecule has 0 unspecified atom stereocenters. The number of hydrogen-bond acceptors (Lipinski definition) is 1. The first-order valence-corrected chi connectivity index (χ1v) is 7.09. The van der Waals surface area contributed by atoms with E-state index >= 15 is 0 Å². The lowest BCUT2D eigenvalue weighted by Gasteiger charge is -2.34. The molecule has 2 atom stereocenters. The highest BCUT2D eigenvalue weighted by Gasteiger charge is 2.36. The van der Waals surface area contributed by atoms with Gasteiger partial charge in [0.25, 0.3) is 0 Å². The van der Waals surface area contributed by atoms with Crippen LogP contribution < -0.4 is 0 Å². The van der Waals surface area contributed by atoms with Crippen molar-refractivity contribution in [3.8, 4) is 0 Å². The number of rotatable bonds is 2. The molecule has 0 radical (unpaired) electrons. The minimum absolute atomic E-state index is 0.213. The second-order valence-corrected chi connectivity index (χ2v) is 6.52. The number of Topliss-reactive ketones (excluding diaryl/α,β-unsaturated/α-hetero) is 1. The molecule has 0 N–H and O–H groups in total. The Kier molecular flexibility index (Phi) is 3.89. The maximum absolute atomic E-state index is 12.6. The third-order valence-electron chi connectivity index (χ3n) is 4.07. The van der Waals surface area contributed by atoms with Crippen molar-refractivity contribution in [2.75, 3.05) is 0 Å². The minimum atomic E-state index is -0.213. The first-order valence-electron chi connectivity index (χ1n) is 7.09. The van der Waals surface area contributed by atoms with Crippen LogP contribution in [0.5, 0.6) is 0 Å². The molecule has 1 fully saturated rings. The van der Waals surface area contributed by atoms with Crippen LogP contribution in [-0.2, 0) is 4.79 Å². The summed E-state index contributed by atoms with van der Waals surface area (Å²) in [6, 6.07) is 10.6. The van der Waals surface area contributed by atoms with Crippen molar-refractivity contribution in [3.63, 3.8) is 0 Å². The topological polar surface area (TPSA) is 17.1 Å². The van der Waals surface area contributed by atoms with E-state index < -0.39 is 0 Å². The van der Waals surface area contributed by atoms with E-state index in [1.54, 1.807) is 0 Å². The van der Waals surface area contributed by atoms with Gasteiger partial charge in [0, 0.05) is 11.3 Å². The summed E-state index contributed by atoms with van der Waals surface area (Å²) >= 11 is 0. The summed E-state index contributed by atoms with van der Waals surface area (Å²) < 4.78 is 0. The molecule has 0 saturated heterocycles. The largest absolute Gasteiger partial charge is 0.299 e. The Hall–Kier alpha value is -1.11. The summed E-state index contributed by atoms with van der Waals surface area (Å²) in [6.07, 6.45) is 4.69. The Labute approximate surface area is 111 Å². The molecule has 1 aliphatic rings. The van der Waals surface area contributed by atoms with Crippen molar-refractivity contribution in [3.05, 3.63) is 35.9 Å². The van der Waals surface area contributed by atoms with E-state index in [0.717, 1.165) is 12.8 Å². The standard InChI is InChI=1S/C17H24O/c1-17(2,3)16(18)15-12-8-7-11-14(15)13-9-5-4-6-10-13/h4-6,9-10,14-15H,7-8,11-12H2,1-3H3/t14-,15+/m1/s1. The molecule has 1 aromatic rings. The number of carbonyl (C=O) groups is 1. The molecule has 0 aromatic heterocycles. The van der Waals surface area contributed by atoms with Gasteiger partial charge in [-0.25, -0.2) is 0 Å². The number of benzene rings is 1. The molecule has 0 bridgehead atoms. The normalized spacial score (nSPS) is 24.8. The van der Waals surface area contributed by atoms with Crippen LogP contribution in [0.15, 0.2) is 30.3 Å². The SMILES string of the molecule is CC(C)(C)C(=O)[C@H]1CCCC[C@@H]1c1ccccc1. The van der Waals surface area contributed by atoms with Crippen LogP contribution in [0.2, 0.25) is 0 Å². The molecule has 0 amide bonds. The monoisotopic (exact) mass is 244 g/mol. The van der Waals surface area contributed by atoms with Crippen LogP contribution in [0.25, 0.3) is 0 Å². The van der Waals surface area contributed by atoms with Crippen LogP contribution in [-0.4, -0.2) is 5.78 Å². The fourth-order valence-corrected chi connectivity index (χ4v) is 3.10. The van der Waals surface area contributed by atoms with Crippen molar-refractivity contribution >= 4 is 5.78 Å². The zero-order chi connectivity index (χ0) is 13.2. The van der Waals surface area contributed by atoms with E-state index in [-0.39, 0.29) is 11.3 Å². The van der Waals surface area contributed by atoms with Gasteiger partial charge in [0.2, 0.25) is 0 Å². The van der Waals surface area contributed by atoms with Crippen molar-refractivity contribution < 1.29 is 4.79 Å². The van der Waals surface area contributed by atoms with Crippen LogP contribution in [0.3, 0.4) is 0 Å². The molecule has 1 nitrogen and oxygen atoms in total. The molecular formula is C17H24O. The second-order valence-electron chi connectivity index (χ2n) is 6.52. The maximum atomic E-state index is 12.6. The molecule has 0 heterocycles. The third-order valence-corrected chi connectivity index (χ3v) is 4.07. The molecule has 18 heavy (non-hydrogen) atoms. The van der Waals surface area contributed by atoms with Gasteiger partial charge in [0.15, 0.2) is 0 Å². The molecule has 1 heteroatoms. The molecule has 1 saturated carbocycles. The molecule has 1 aromatic carbocycles. The third kappa shape index (κ3) is 2.82. The van der Waals surface area contributed by atoms with Crippen LogP contribution >= 0.6 is 0 Å². The predicted octanol–water partition coefficient (Wildman–Crippen LogP) is 4.58. The van der Waals surface area contributed by atoms with Gasteiger partial charge in [-0.15, -0.1) is 0 Å². The zero-order valence-electron chi connectivity index (χ0n) is 11.8. The minimum Gasteiger partial charge on any atom is -0.299 e. The highest BCUT2D eigenvalue weighted by atomic mass is 16.1. The van der Waals surface area contributed by atoms with Crippen molar-refractivity contribution in [2.45, 2.75) is 52.4 Å². The van der Waals surface area contributed by atoms with Crippen molar-refractivity contribution in [1.82, 2.24) is 0 Å². The van der Waals surface area contributed by atoms with E-state index in [1.807, 2.05) is 26.8 Å². The van der Waals surface area contributed by atoms with Gasteiger partial charge in [-0.3, -0.25) is 4.79 Å². The molecule has 0 aliphatic heterocycles. The Bertz CT molecular complexity index is 399. The van der Waals surface area contributed by atoms with Crippen LogP contribution in [0.1, 0.15) is 57.9 Å². The Morgan fingerprint density at radius 1 is 1.06 bits per heavy atom. The van der Waals surface area contributed by atoms with Gasteiger partial charge in [-0.1, -0.05) is 63.9 Å². The second kappa shape index (κ2) is 5.26. The predicted molar refractivity (Wildman–Crippen MR) is 75.6 cm³/mol. The fraction of sp³-hybridized carbons (Fsp3) is 0.588. The number of hydrogen-bond donors (Lipinski definition) is 0. The number of ketones is 1. The van der Waals surface area contributed by atoms with Gasteiger partial charge >= 0.3 is 0 Å². The molecule has 0 spiro atoms. The van der Waals surface area contributed by atoms with E-state index in [2.05, 4.69) is 24.3 Å². The van der Waals surface area contributed by atoms with Crippen LogP contribution in [0, 0.1) is 11.3 Å². The Morgan fingerprint density at radius 3 is 2.28 bits per heavy atom. The van der Waals surface area contributed by atoms with E-state index in [0.29, 0.717) is 11.7 Å². The molecule has 2 rings (SSSR count). The highest BCUT2D eigenvalue weighted by molar-refractivity contribution is 5.86. The summed E-state index contributed by atoms with van der Waals surface area (Å²) in [6.45, 7) is 6.14. The van der Waals surface area contributed by atoms with Gasteiger partial charge < -0.3 is 0 Å². The maximum Gasteiger partial charge on any atom is 0.141 e. The van der Waals surface area contributed by atoms with E-state index in [9.17, 15) is 4.79 Å². The van der Waals surface area contributed by atoms with Crippen LogP contribution in [0.4, 0.5) is 0 Å². The van der Waals surface area contributed by atoms with E-state index in [1.165, 1.54) is 18.4 Å². The fourth-order valence-electron chi connectivity index (χ4n) is 3.10.